The van der Waals surface area contributed by atoms with Crippen molar-refractivity contribution in [2.75, 3.05) is 13.1 Å². The van der Waals surface area contributed by atoms with Gasteiger partial charge in [0, 0.05) is 24.5 Å². The van der Waals surface area contributed by atoms with E-state index < -0.39 is 5.97 Å². The number of rotatable bonds is 2. The van der Waals surface area contributed by atoms with Crippen LogP contribution in [0.1, 0.15) is 32.1 Å². The van der Waals surface area contributed by atoms with Gasteiger partial charge in [0.05, 0.1) is 6.42 Å². The van der Waals surface area contributed by atoms with Crippen molar-refractivity contribution in [3.63, 3.8) is 0 Å². The summed E-state index contributed by atoms with van der Waals surface area (Å²) < 4.78 is 0. The Bertz CT molecular complexity index is 313. The summed E-state index contributed by atoms with van der Waals surface area (Å²) in [4.78, 5) is 15.5. The summed E-state index contributed by atoms with van der Waals surface area (Å²) >= 11 is 0. The van der Waals surface area contributed by atoms with Gasteiger partial charge in [-0.05, 0) is 25.7 Å². The third-order valence-corrected chi connectivity index (χ3v) is 3.73. The van der Waals surface area contributed by atoms with E-state index in [4.69, 9.17) is 5.11 Å². The standard InChI is InChI=1S/C11H16N2O2/c14-11(15)7-10-12-5-1-3-8(12)9-4-2-6-13(9)10/h10H,1-7H2,(H,14,15). The molecule has 82 valence electrons. The third kappa shape index (κ3) is 1.24. The molecule has 2 fully saturated rings. The predicted molar refractivity (Wildman–Crippen MR) is 54.9 cm³/mol. The van der Waals surface area contributed by atoms with Crippen molar-refractivity contribution in [1.82, 2.24) is 9.80 Å². The molecule has 3 heterocycles. The van der Waals surface area contributed by atoms with Gasteiger partial charge in [0.1, 0.15) is 6.17 Å². The fraction of sp³-hybridized carbons (Fsp3) is 0.727. The van der Waals surface area contributed by atoms with Crippen LogP contribution in [0, 0.1) is 0 Å². The summed E-state index contributed by atoms with van der Waals surface area (Å²) in [6, 6.07) is 0. The number of carboxylic acid groups (broad SMARTS) is 1. The highest BCUT2D eigenvalue weighted by Crippen LogP contribution is 2.42. The number of nitrogens with zero attached hydrogens (tertiary/aromatic N) is 2. The monoisotopic (exact) mass is 208 g/mol. The van der Waals surface area contributed by atoms with Crippen LogP contribution in [0.5, 0.6) is 0 Å². The average molecular weight is 208 g/mol. The van der Waals surface area contributed by atoms with Crippen LogP contribution in [0.15, 0.2) is 11.4 Å². The highest BCUT2D eigenvalue weighted by Gasteiger charge is 2.42. The Morgan fingerprint density at radius 2 is 1.73 bits per heavy atom. The summed E-state index contributed by atoms with van der Waals surface area (Å²) in [6.07, 6.45) is 5.08. The van der Waals surface area contributed by atoms with Crippen molar-refractivity contribution in [3.05, 3.63) is 11.4 Å². The van der Waals surface area contributed by atoms with E-state index in [9.17, 15) is 4.79 Å². The van der Waals surface area contributed by atoms with Crippen molar-refractivity contribution < 1.29 is 9.90 Å². The molecular formula is C11H16N2O2. The van der Waals surface area contributed by atoms with Crippen LogP contribution in [0.25, 0.3) is 0 Å². The summed E-state index contributed by atoms with van der Waals surface area (Å²) in [6.45, 7) is 2.10. The number of hydrogen-bond acceptors (Lipinski definition) is 3. The Kier molecular flexibility index (Phi) is 1.90. The van der Waals surface area contributed by atoms with E-state index in [1.807, 2.05) is 0 Å². The molecule has 0 aromatic heterocycles. The third-order valence-electron chi connectivity index (χ3n) is 3.73. The maximum absolute atomic E-state index is 10.9. The van der Waals surface area contributed by atoms with E-state index in [1.165, 1.54) is 24.2 Å². The molecule has 0 saturated carbocycles. The highest BCUT2D eigenvalue weighted by atomic mass is 16.4. The second-order valence-corrected chi connectivity index (χ2v) is 4.57. The minimum atomic E-state index is -0.681. The number of fused-ring (bicyclic) bond motifs is 2. The normalized spacial score (nSPS) is 25.1. The van der Waals surface area contributed by atoms with E-state index in [0.717, 1.165) is 25.9 Å². The molecule has 3 aliphatic rings. The van der Waals surface area contributed by atoms with Crippen molar-refractivity contribution in [2.45, 2.75) is 38.3 Å². The van der Waals surface area contributed by atoms with E-state index in [-0.39, 0.29) is 12.6 Å². The minimum Gasteiger partial charge on any atom is -0.481 e. The van der Waals surface area contributed by atoms with Crippen molar-refractivity contribution in [2.24, 2.45) is 0 Å². The summed E-state index contributed by atoms with van der Waals surface area (Å²) in [5.41, 5.74) is 2.89. The largest absolute Gasteiger partial charge is 0.481 e. The fourth-order valence-electron chi connectivity index (χ4n) is 3.21. The SMILES string of the molecule is O=C(O)CC1N2CCCC2=C2CCCN21. The Labute approximate surface area is 89.2 Å². The van der Waals surface area contributed by atoms with Crippen LogP contribution in [0.2, 0.25) is 0 Å². The lowest BCUT2D eigenvalue weighted by Gasteiger charge is -2.30. The highest BCUT2D eigenvalue weighted by molar-refractivity contribution is 5.67. The Morgan fingerprint density at radius 1 is 1.20 bits per heavy atom. The van der Waals surface area contributed by atoms with Gasteiger partial charge in [-0.15, -0.1) is 0 Å². The number of carboxylic acids is 1. The first-order valence-corrected chi connectivity index (χ1v) is 5.74. The van der Waals surface area contributed by atoms with Gasteiger partial charge < -0.3 is 14.9 Å². The van der Waals surface area contributed by atoms with Crippen LogP contribution in [-0.2, 0) is 4.79 Å². The lowest BCUT2D eigenvalue weighted by molar-refractivity contribution is -0.139. The molecule has 0 radical (unpaired) electrons. The molecule has 2 saturated heterocycles. The van der Waals surface area contributed by atoms with Gasteiger partial charge in [0.2, 0.25) is 0 Å². The van der Waals surface area contributed by atoms with Crippen LogP contribution in [-0.4, -0.2) is 40.1 Å². The van der Waals surface area contributed by atoms with E-state index in [0.29, 0.717) is 0 Å². The van der Waals surface area contributed by atoms with Gasteiger partial charge in [-0.25, -0.2) is 0 Å². The van der Waals surface area contributed by atoms with Crippen LogP contribution in [0.4, 0.5) is 0 Å². The Balaban J connectivity index is 1.89. The van der Waals surface area contributed by atoms with Gasteiger partial charge in [-0.2, -0.15) is 0 Å². The zero-order valence-corrected chi connectivity index (χ0v) is 8.78. The lowest BCUT2D eigenvalue weighted by Crippen LogP contribution is -2.40. The summed E-state index contributed by atoms with van der Waals surface area (Å²) in [5.74, 6) is -0.681. The van der Waals surface area contributed by atoms with Crippen LogP contribution >= 0.6 is 0 Å². The van der Waals surface area contributed by atoms with E-state index in [2.05, 4.69) is 9.80 Å². The van der Waals surface area contributed by atoms with Crippen LogP contribution in [0.3, 0.4) is 0 Å². The van der Waals surface area contributed by atoms with Gasteiger partial charge in [0.15, 0.2) is 0 Å². The maximum atomic E-state index is 10.9. The Morgan fingerprint density at radius 3 is 2.20 bits per heavy atom. The topological polar surface area (TPSA) is 43.8 Å². The first-order chi connectivity index (χ1) is 7.27. The summed E-state index contributed by atoms with van der Waals surface area (Å²) in [7, 11) is 0. The van der Waals surface area contributed by atoms with E-state index in [1.54, 1.807) is 0 Å². The van der Waals surface area contributed by atoms with Gasteiger partial charge >= 0.3 is 5.97 Å². The molecule has 3 rings (SSSR count). The average Bonchev–Trinajstić information content (AvgIpc) is 2.83. The van der Waals surface area contributed by atoms with Gasteiger partial charge in [-0.3, -0.25) is 4.79 Å². The zero-order valence-electron chi connectivity index (χ0n) is 8.78. The molecule has 0 bridgehead atoms. The smallest absolute Gasteiger partial charge is 0.307 e. The molecule has 1 N–H and O–H groups in total. The second-order valence-electron chi connectivity index (χ2n) is 4.57. The van der Waals surface area contributed by atoms with Crippen molar-refractivity contribution in [1.29, 1.82) is 0 Å². The number of carbonyl (C=O) groups is 1. The maximum Gasteiger partial charge on any atom is 0.307 e. The quantitative estimate of drug-likeness (QED) is 0.740. The van der Waals surface area contributed by atoms with Crippen LogP contribution < -0.4 is 0 Å². The van der Waals surface area contributed by atoms with Gasteiger partial charge in [0.25, 0.3) is 0 Å². The molecule has 0 spiro atoms. The molecule has 0 amide bonds. The molecule has 0 aromatic rings. The number of allylic oxidation sites excluding steroid dienone is 2. The molecule has 0 aromatic carbocycles. The lowest BCUT2D eigenvalue weighted by atomic mass is 10.2. The number of hydrogen-bond donors (Lipinski definition) is 1. The molecule has 4 heteroatoms. The molecule has 4 nitrogen and oxygen atoms in total. The molecule has 15 heavy (non-hydrogen) atoms. The summed E-state index contributed by atoms with van der Waals surface area (Å²) in [5, 5.41) is 8.94. The second kappa shape index (κ2) is 3.15. The predicted octanol–water partition coefficient (Wildman–Crippen LogP) is 1.20. The molecular weight excluding hydrogens is 192 g/mol. The van der Waals surface area contributed by atoms with E-state index >= 15 is 0 Å². The molecule has 0 unspecified atom stereocenters. The van der Waals surface area contributed by atoms with Crippen molar-refractivity contribution >= 4 is 5.97 Å². The fourth-order valence-corrected chi connectivity index (χ4v) is 3.21. The first kappa shape index (κ1) is 9.07. The molecule has 0 aliphatic carbocycles. The zero-order chi connectivity index (χ0) is 10.4. The molecule has 0 atom stereocenters. The van der Waals surface area contributed by atoms with Gasteiger partial charge in [-0.1, -0.05) is 0 Å². The number of aliphatic carboxylic acids is 1. The van der Waals surface area contributed by atoms with Crippen molar-refractivity contribution in [3.8, 4) is 0 Å². The molecule has 3 aliphatic heterocycles. The Hall–Kier alpha value is -1.19. The minimum absolute atomic E-state index is 0.123. The first-order valence-electron chi connectivity index (χ1n) is 5.74.